The number of nitrogens with zero attached hydrogens (tertiary/aromatic N) is 3. The molecule has 0 atom stereocenters. The van der Waals surface area contributed by atoms with Crippen LogP contribution in [-0.2, 0) is 0 Å². The van der Waals surface area contributed by atoms with E-state index in [0.29, 0.717) is 5.82 Å². The predicted molar refractivity (Wildman–Crippen MR) is 79.8 cm³/mol. The number of unbranched alkanes of at least 4 members (excludes halogenated alkanes) is 2. The van der Waals surface area contributed by atoms with Crippen LogP contribution >= 0.6 is 15.9 Å². The van der Waals surface area contributed by atoms with Crippen LogP contribution < -0.4 is 10.5 Å². The summed E-state index contributed by atoms with van der Waals surface area (Å²) in [5.41, 5.74) is -0.00417. The van der Waals surface area contributed by atoms with Crippen molar-refractivity contribution in [2.45, 2.75) is 39.2 Å². The van der Waals surface area contributed by atoms with Gasteiger partial charge in [0.05, 0.1) is 0 Å². The summed E-state index contributed by atoms with van der Waals surface area (Å²) in [6, 6.07) is 0.168. The lowest BCUT2D eigenvalue weighted by molar-refractivity contribution is 0.571. The molecule has 0 fully saturated rings. The molecule has 5 heteroatoms. The summed E-state index contributed by atoms with van der Waals surface area (Å²) in [4.78, 5) is 18.3. The lowest BCUT2D eigenvalue weighted by Crippen LogP contribution is -2.31. The molecule has 0 saturated heterocycles. The van der Waals surface area contributed by atoms with Gasteiger partial charge in [-0.2, -0.15) is 0 Å². The Kier molecular flexibility index (Phi) is 6.39. The second-order valence-corrected chi connectivity index (χ2v) is 5.52. The fraction of sp³-hybridized carbons (Fsp3) is 0.692. The summed E-state index contributed by atoms with van der Waals surface area (Å²) < 4.78 is 1.72. The summed E-state index contributed by atoms with van der Waals surface area (Å²) >= 11 is 3.42. The number of halogens is 1. The average molecular weight is 316 g/mol. The molecular formula is C13H22BrN3O. The minimum atomic E-state index is -0.00417. The van der Waals surface area contributed by atoms with Crippen molar-refractivity contribution >= 4 is 21.7 Å². The largest absolute Gasteiger partial charge is 0.355 e. The van der Waals surface area contributed by atoms with Crippen LogP contribution in [0.25, 0.3) is 0 Å². The van der Waals surface area contributed by atoms with Gasteiger partial charge in [0.1, 0.15) is 0 Å². The zero-order valence-corrected chi connectivity index (χ0v) is 13.0. The zero-order chi connectivity index (χ0) is 13.5. The third-order valence-corrected chi connectivity index (χ3v) is 3.46. The maximum Gasteiger partial charge on any atom is 0.293 e. The molecule has 4 nitrogen and oxygen atoms in total. The van der Waals surface area contributed by atoms with Crippen LogP contribution in [0.15, 0.2) is 17.2 Å². The van der Waals surface area contributed by atoms with Crippen LogP contribution in [0.1, 0.15) is 39.2 Å². The first-order chi connectivity index (χ1) is 8.57. The second kappa shape index (κ2) is 7.56. The van der Waals surface area contributed by atoms with Gasteiger partial charge in [-0.15, -0.1) is 0 Å². The Bertz CT molecular complexity index is 417. The first kappa shape index (κ1) is 15.2. The normalized spacial score (nSPS) is 10.9. The SMILES string of the molecule is CC(C)n1ccnc(N(C)CCCCCBr)c1=O. The Balaban J connectivity index is 2.71. The van der Waals surface area contributed by atoms with Gasteiger partial charge in [-0.1, -0.05) is 22.4 Å². The van der Waals surface area contributed by atoms with Gasteiger partial charge in [-0.3, -0.25) is 4.79 Å². The summed E-state index contributed by atoms with van der Waals surface area (Å²) in [6.45, 7) is 4.87. The van der Waals surface area contributed by atoms with Gasteiger partial charge in [0, 0.05) is 37.4 Å². The van der Waals surface area contributed by atoms with Gasteiger partial charge >= 0.3 is 0 Å². The van der Waals surface area contributed by atoms with E-state index in [2.05, 4.69) is 20.9 Å². The predicted octanol–water partition coefficient (Wildman–Crippen LogP) is 2.83. The van der Waals surface area contributed by atoms with Gasteiger partial charge < -0.3 is 9.47 Å². The van der Waals surface area contributed by atoms with E-state index in [1.165, 1.54) is 12.8 Å². The number of hydrogen-bond donors (Lipinski definition) is 0. The van der Waals surface area contributed by atoms with Gasteiger partial charge in [-0.05, 0) is 26.7 Å². The lowest BCUT2D eigenvalue weighted by atomic mass is 10.2. The molecule has 0 radical (unpaired) electrons. The van der Waals surface area contributed by atoms with Crippen molar-refractivity contribution in [3.63, 3.8) is 0 Å². The smallest absolute Gasteiger partial charge is 0.293 e. The maximum absolute atomic E-state index is 12.2. The number of aromatic nitrogens is 2. The molecule has 0 bridgehead atoms. The highest BCUT2D eigenvalue weighted by Crippen LogP contribution is 2.07. The summed E-state index contributed by atoms with van der Waals surface area (Å²) in [5.74, 6) is 0.546. The average Bonchev–Trinajstić information content (AvgIpc) is 2.34. The van der Waals surface area contributed by atoms with E-state index in [1.54, 1.807) is 17.0 Å². The van der Waals surface area contributed by atoms with Crippen molar-refractivity contribution in [1.29, 1.82) is 0 Å². The van der Waals surface area contributed by atoms with Crippen LogP contribution in [0.5, 0.6) is 0 Å². The van der Waals surface area contributed by atoms with Crippen molar-refractivity contribution in [2.24, 2.45) is 0 Å². The molecule has 0 N–H and O–H groups in total. The topological polar surface area (TPSA) is 38.1 Å². The molecule has 0 aliphatic carbocycles. The number of anilines is 1. The summed E-state index contributed by atoms with van der Waals surface area (Å²) in [6.07, 6.45) is 6.87. The molecule has 0 saturated carbocycles. The minimum absolute atomic E-state index is 0.00417. The molecule has 1 aromatic rings. The van der Waals surface area contributed by atoms with Crippen LogP contribution in [0.2, 0.25) is 0 Å². The molecule has 18 heavy (non-hydrogen) atoms. The highest BCUT2D eigenvalue weighted by molar-refractivity contribution is 9.09. The Hall–Kier alpha value is -0.840. The Morgan fingerprint density at radius 1 is 1.39 bits per heavy atom. The number of rotatable bonds is 7. The van der Waals surface area contributed by atoms with Crippen LogP contribution in [-0.4, -0.2) is 28.5 Å². The zero-order valence-electron chi connectivity index (χ0n) is 11.4. The van der Waals surface area contributed by atoms with E-state index in [4.69, 9.17) is 0 Å². The van der Waals surface area contributed by atoms with Crippen LogP contribution in [0.3, 0.4) is 0 Å². The molecular weight excluding hydrogens is 294 g/mol. The van der Waals surface area contributed by atoms with Gasteiger partial charge in [0.2, 0.25) is 0 Å². The highest BCUT2D eigenvalue weighted by Gasteiger charge is 2.10. The number of alkyl halides is 1. The standard InChI is InChI=1S/C13H22BrN3O/c1-11(2)17-10-8-15-12(13(17)18)16(3)9-6-4-5-7-14/h8,10-11H,4-7,9H2,1-3H3. The molecule has 1 aromatic heterocycles. The van der Waals surface area contributed by atoms with Gasteiger partial charge in [-0.25, -0.2) is 4.98 Å². The third kappa shape index (κ3) is 4.12. The Morgan fingerprint density at radius 3 is 2.72 bits per heavy atom. The molecule has 0 aromatic carbocycles. The first-order valence-electron chi connectivity index (χ1n) is 6.42. The Morgan fingerprint density at radius 2 is 2.11 bits per heavy atom. The van der Waals surface area contributed by atoms with E-state index in [0.717, 1.165) is 18.3 Å². The Labute approximate surface area is 117 Å². The second-order valence-electron chi connectivity index (χ2n) is 4.73. The summed E-state index contributed by atoms with van der Waals surface area (Å²) in [5, 5.41) is 1.04. The molecule has 102 valence electrons. The number of hydrogen-bond acceptors (Lipinski definition) is 3. The van der Waals surface area contributed by atoms with E-state index >= 15 is 0 Å². The van der Waals surface area contributed by atoms with Crippen molar-refractivity contribution in [2.75, 3.05) is 23.8 Å². The maximum atomic E-state index is 12.2. The highest BCUT2D eigenvalue weighted by atomic mass is 79.9. The van der Waals surface area contributed by atoms with E-state index in [-0.39, 0.29) is 11.6 Å². The van der Waals surface area contributed by atoms with Crippen molar-refractivity contribution in [1.82, 2.24) is 9.55 Å². The van der Waals surface area contributed by atoms with Crippen molar-refractivity contribution in [3.05, 3.63) is 22.7 Å². The van der Waals surface area contributed by atoms with Crippen molar-refractivity contribution in [3.8, 4) is 0 Å². The molecule has 1 heterocycles. The first-order valence-corrected chi connectivity index (χ1v) is 7.54. The molecule has 0 aliphatic heterocycles. The minimum Gasteiger partial charge on any atom is -0.355 e. The lowest BCUT2D eigenvalue weighted by Gasteiger charge is -2.19. The summed E-state index contributed by atoms with van der Waals surface area (Å²) in [7, 11) is 1.93. The molecule has 0 amide bonds. The molecule has 0 unspecified atom stereocenters. The quantitative estimate of drug-likeness (QED) is 0.573. The fourth-order valence-electron chi connectivity index (χ4n) is 1.81. The van der Waals surface area contributed by atoms with Gasteiger partial charge in [0.15, 0.2) is 5.82 Å². The monoisotopic (exact) mass is 315 g/mol. The fourth-order valence-corrected chi connectivity index (χ4v) is 2.21. The van der Waals surface area contributed by atoms with E-state index < -0.39 is 0 Å². The van der Waals surface area contributed by atoms with E-state index in [9.17, 15) is 4.79 Å². The third-order valence-electron chi connectivity index (χ3n) is 2.89. The van der Waals surface area contributed by atoms with Crippen LogP contribution in [0, 0.1) is 0 Å². The van der Waals surface area contributed by atoms with E-state index in [1.807, 2.05) is 25.8 Å². The molecule has 0 spiro atoms. The van der Waals surface area contributed by atoms with Crippen molar-refractivity contribution < 1.29 is 0 Å². The van der Waals surface area contributed by atoms with Gasteiger partial charge in [0.25, 0.3) is 5.56 Å². The molecule has 1 rings (SSSR count). The van der Waals surface area contributed by atoms with Crippen LogP contribution in [0.4, 0.5) is 5.82 Å². The molecule has 0 aliphatic rings.